The summed E-state index contributed by atoms with van der Waals surface area (Å²) in [6.07, 6.45) is 1.59. The second kappa shape index (κ2) is 8.09. The molecule has 3 aromatic rings. The molecule has 3 rings (SSSR count). The molecule has 0 N–H and O–H groups in total. The van der Waals surface area contributed by atoms with Gasteiger partial charge in [0.2, 0.25) is 0 Å². The van der Waals surface area contributed by atoms with E-state index in [0.717, 1.165) is 11.3 Å². The van der Waals surface area contributed by atoms with E-state index in [-0.39, 0.29) is 0 Å². The number of nitrogens with zero attached hydrogens (tertiary/aromatic N) is 2. The molecule has 0 heterocycles. The van der Waals surface area contributed by atoms with Crippen LogP contribution in [0.25, 0.3) is 5.70 Å². The Morgan fingerprint density at radius 2 is 1.42 bits per heavy atom. The van der Waals surface area contributed by atoms with Crippen molar-refractivity contribution in [3.8, 4) is 5.75 Å². The first-order valence-electron chi connectivity index (χ1n) is 7.46. The quantitative estimate of drug-likeness (QED) is 0.387. The van der Waals surface area contributed by atoms with Crippen molar-refractivity contribution in [2.45, 2.75) is 0 Å². The Labute approximate surface area is 145 Å². The summed E-state index contributed by atoms with van der Waals surface area (Å²) < 4.78 is 5.69. The Morgan fingerprint density at radius 3 is 2.08 bits per heavy atom. The number of hydrogen-bond acceptors (Lipinski definition) is 3. The molecule has 0 saturated carbocycles. The SMILES string of the molecule is Clc1ccc(O/C=C(/N=Nc2ccccc2)c2ccccc2)cc1. The molecule has 0 amide bonds. The van der Waals surface area contributed by atoms with Gasteiger partial charge in [0.25, 0.3) is 0 Å². The van der Waals surface area contributed by atoms with Crippen molar-refractivity contribution in [1.29, 1.82) is 0 Å². The first-order valence-corrected chi connectivity index (χ1v) is 7.84. The highest BCUT2D eigenvalue weighted by molar-refractivity contribution is 6.30. The van der Waals surface area contributed by atoms with Gasteiger partial charge in [-0.05, 0) is 36.4 Å². The molecular formula is C20H15ClN2O. The van der Waals surface area contributed by atoms with Crippen molar-refractivity contribution in [2.24, 2.45) is 10.2 Å². The van der Waals surface area contributed by atoms with Crippen LogP contribution in [0.15, 0.2) is 101 Å². The van der Waals surface area contributed by atoms with Gasteiger partial charge in [-0.3, -0.25) is 0 Å². The summed E-state index contributed by atoms with van der Waals surface area (Å²) in [5.41, 5.74) is 2.34. The molecule has 0 fully saturated rings. The zero-order valence-electron chi connectivity index (χ0n) is 12.8. The molecule has 0 atom stereocenters. The molecule has 0 bridgehead atoms. The van der Waals surface area contributed by atoms with E-state index in [1.807, 2.05) is 60.7 Å². The maximum Gasteiger partial charge on any atom is 0.128 e. The molecule has 0 radical (unpaired) electrons. The summed E-state index contributed by atoms with van der Waals surface area (Å²) in [4.78, 5) is 0. The zero-order chi connectivity index (χ0) is 16.6. The number of ether oxygens (including phenoxy) is 1. The molecule has 3 aromatic carbocycles. The topological polar surface area (TPSA) is 34.0 Å². The van der Waals surface area contributed by atoms with Crippen LogP contribution in [0.4, 0.5) is 5.69 Å². The van der Waals surface area contributed by atoms with E-state index >= 15 is 0 Å². The molecule has 0 spiro atoms. The summed E-state index contributed by atoms with van der Waals surface area (Å²) in [6.45, 7) is 0. The van der Waals surface area contributed by atoms with Crippen LogP contribution in [0, 0.1) is 0 Å². The van der Waals surface area contributed by atoms with E-state index in [2.05, 4.69) is 10.2 Å². The highest BCUT2D eigenvalue weighted by Gasteiger charge is 2.01. The number of benzene rings is 3. The van der Waals surface area contributed by atoms with Gasteiger partial charge in [-0.1, -0.05) is 60.1 Å². The largest absolute Gasteiger partial charge is 0.463 e. The third kappa shape index (κ3) is 4.54. The third-order valence-electron chi connectivity index (χ3n) is 3.22. The number of hydrogen-bond donors (Lipinski definition) is 0. The van der Waals surface area contributed by atoms with Crippen molar-refractivity contribution in [2.75, 3.05) is 0 Å². The maximum atomic E-state index is 5.88. The number of halogens is 1. The van der Waals surface area contributed by atoms with E-state index in [1.165, 1.54) is 0 Å². The average molecular weight is 335 g/mol. The Kier molecular flexibility index (Phi) is 5.38. The summed E-state index contributed by atoms with van der Waals surface area (Å²) >= 11 is 5.88. The normalized spacial score (nSPS) is 11.6. The number of azo groups is 1. The van der Waals surface area contributed by atoms with Gasteiger partial charge in [0, 0.05) is 10.6 Å². The fourth-order valence-electron chi connectivity index (χ4n) is 2.00. The van der Waals surface area contributed by atoms with Crippen molar-refractivity contribution < 1.29 is 4.74 Å². The lowest BCUT2D eigenvalue weighted by atomic mass is 10.2. The molecule has 0 aliphatic carbocycles. The Bertz CT molecular complexity index is 829. The predicted octanol–water partition coefficient (Wildman–Crippen LogP) is 6.50. The highest BCUT2D eigenvalue weighted by atomic mass is 35.5. The first-order chi connectivity index (χ1) is 11.8. The lowest BCUT2D eigenvalue weighted by Crippen LogP contribution is -1.87. The smallest absolute Gasteiger partial charge is 0.128 e. The van der Waals surface area contributed by atoms with Gasteiger partial charge >= 0.3 is 0 Å². The van der Waals surface area contributed by atoms with Crippen molar-refractivity contribution in [3.05, 3.63) is 102 Å². The fourth-order valence-corrected chi connectivity index (χ4v) is 2.13. The second-order valence-electron chi connectivity index (χ2n) is 4.98. The molecule has 24 heavy (non-hydrogen) atoms. The van der Waals surface area contributed by atoms with Crippen LogP contribution in [-0.2, 0) is 0 Å². The number of rotatable bonds is 5. The molecule has 0 unspecified atom stereocenters. The van der Waals surface area contributed by atoms with Crippen LogP contribution >= 0.6 is 11.6 Å². The second-order valence-corrected chi connectivity index (χ2v) is 5.41. The van der Waals surface area contributed by atoms with Crippen molar-refractivity contribution in [1.82, 2.24) is 0 Å². The summed E-state index contributed by atoms with van der Waals surface area (Å²) in [6, 6.07) is 26.5. The van der Waals surface area contributed by atoms with Gasteiger partial charge in [0.05, 0.1) is 5.69 Å². The Balaban J connectivity index is 1.86. The van der Waals surface area contributed by atoms with E-state index in [1.54, 1.807) is 30.5 Å². The minimum Gasteiger partial charge on any atom is -0.463 e. The van der Waals surface area contributed by atoms with E-state index in [9.17, 15) is 0 Å². The lowest BCUT2D eigenvalue weighted by molar-refractivity contribution is 0.482. The van der Waals surface area contributed by atoms with Gasteiger partial charge in [-0.25, -0.2) is 0 Å². The van der Waals surface area contributed by atoms with Gasteiger partial charge in [-0.15, -0.1) is 5.11 Å². The van der Waals surface area contributed by atoms with Crippen molar-refractivity contribution in [3.63, 3.8) is 0 Å². The Morgan fingerprint density at radius 1 is 0.792 bits per heavy atom. The molecule has 0 aliphatic rings. The van der Waals surface area contributed by atoms with Crippen LogP contribution in [0.5, 0.6) is 5.75 Å². The summed E-state index contributed by atoms with van der Waals surface area (Å²) in [7, 11) is 0. The summed E-state index contributed by atoms with van der Waals surface area (Å²) in [5, 5.41) is 9.26. The monoisotopic (exact) mass is 334 g/mol. The van der Waals surface area contributed by atoms with Gasteiger partial charge in [0.1, 0.15) is 17.7 Å². The molecule has 0 aromatic heterocycles. The zero-order valence-corrected chi connectivity index (χ0v) is 13.6. The summed E-state index contributed by atoms with van der Waals surface area (Å²) in [5.74, 6) is 0.683. The van der Waals surface area contributed by atoms with Crippen LogP contribution in [0.1, 0.15) is 5.56 Å². The Hall–Kier alpha value is -2.91. The van der Waals surface area contributed by atoms with E-state index < -0.39 is 0 Å². The standard InChI is InChI=1S/C20H15ClN2O/c21-17-11-13-19(14-12-17)24-15-20(16-7-3-1-4-8-16)23-22-18-9-5-2-6-10-18/h1-15H/b20-15+,23-22?. The van der Waals surface area contributed by atoms with Crippen LogP contribution < -0.4 is 4.74 Å². The predicted molar refractivity (Wildman–Crippen MR) is 97.5 cm³/mol. The molecule has 3 nitrogen and oxygen atoms in total. The highest BCUT2D eigenvalue weighted by Crippen LogP contribution is 2.22. The molecule has 0 saturated heterocycles. The van der Waals surface area contributed by atoms with E-state index in [4.69, 9.17) is 16.3 Å². The maximum absolute atomic E-state index is 5.88. The lowest BCUT2D eigenvalue weighted by Gasteiger charge is -2.04. The van der Waals surface area contributed by atoms with Crippen LogP contribution in [0.3, 0.4) is 0 Å². The molecule has 4 heteroatoms. The average Bonchev–Trinajstić information content (AvgIpc) is 2.65. The van der Waals surface area contributed by atoms with Gasteiger partial charge < -0.3 is 4.74 Å². The van der Waals surface area contributed by atoms with Gasteiger partial charge in [0.15, 0.2) is 0 Å². The fraction of sp³-hybridized carbons (Fsp3) is 0. The molecule has 0 aliphatic heterocycles. The third-order valence-corrected chi connectivity index (χ3v) is 3.47. The minimum atomic E-state index is 0.634. The van der Waals surface area contributed by atoms with E-state index in [0.29, 0.717) is 16.5 Å². The first kappa shape index (κ1) is 16.0. The molecular weight excluding hydrogens is 320 g/mol. The van der Waals surface area contributed by atoms with Crippen LogP contribution in [0.2, 0.25) is 5.02 Å². The minimum absolute atomic E-state index is 0.634. The van der Waals surface area contributed by atoms with Gasteiger partial charge in [-0.2, -0.15) is 5.11 Å². The van der Waals surface area contributed by atoms with Crippen LogP contribution in [-0.4, -0.2) is 0 Å². The molecule has 118 valence electrons. The van der Waals surface area contributed by atoms with Crippen molar-refractivity contribution >= 4 is 23.0 Å².